The fourth-order valence-electron chi connectivity index (χ4n) is 2.74. The van der Waals surface area contributed by atoms with Crippen molar-refractivity contribution in [3.05, 3.63) is 24.3 Å². The minimum Gasteiger partial charge on any atom is -0.494 e. The van der Waals surface area contributed by atoms with Crippen molar-refractivity contribution < 1.29 is 19.0 Å². The number of esters is 1. The lowest BCUT2D eigenvalue weighted by molar-refractivity contribution is -0.149. The van der Waals surface area contributed by atoms with Gasteiger partial charge in [0.15, 0.2) is 0 Å². The van der Waals surface area contributed by atoms with Gasteiger partial charge in [-0.15, -0.1) is 0 Å². The molecular formula is C18H27NO4. The molecule has 0 radical (unpaired) electrons. The third kappa shape index (κ3) is 5.75. The lowest BCUT2D eigenvalue weighted by Crippen LogP contribution is -2.39. The van der Waals surface area contributed by atoms with Crippen LogP contribution in [-0.2, 0) is 9.53 Å². The van der Waals surface area contributed by atoms with Crippen LogP contribution in [0.2, 0.25) is 0 Å². The van der Waals surface area contributed by atoms with Crippen LogP contribution in [0.3, 0.4) is 0 Å². The molecule has 1 heterocycles. The van der Waals surface area contributed by atoms with Crippen molar-refractivity contribution in [2.45, 2.75) is 26.7 Å². The van der Waals surface area contributed by atoms with Crippen LogP contribution in [0.25, 0.3) is 0 Å². The summed E-state index contributed by atoms with van der Waals surface area (Å²) < 4.78 is 16.3. The summed E-state index contributed by atoms with van der Waals surface area (Å²) in [6, 6.07) is 7.70. The van der Waals surface area contributed by atoms with Crippen LogP contribution in [-0.4, -0.2) is 50.3 Å². The first-order valence-electron chi connectivity index (χ1n) is 8.47. The molecule has 0 aromatic heterocycles. The molecule has 23 heavy (non-hydrogen) atoms. The first kappa shape index (κ1) is 17.6. The van der Waals surface area contributed by atoms with Gasteiger partial charge in [-0.2, -0.15) is 0 Å². The largest absolute Gasteiger partial charge is 0.494 e. The quantitative estimate of drug-likeness (QED) is 0.689. The summed E-state index contributed by atoms with van der Waals surface area (Å²) in [6.45, 7) is 8.34. The van der Waals surface area contributed by atoms with Gasteiger partial charge in [-0.1, -0.05) is 0 Å². The van der Waals surface area contributed by atoms with Crippen LogP contribution in [0.5, 0.6) is 11.5 Å². The van der Waals surface area contributed by atoms with Crippen LogP contribution < -0.4 is 9.47 Å². The van der Waals surface area contributed by atoms with E-state index in [1.807, 2.05) is 38.1 Å². The summed E-state index contributed by atoms with van der Waals surface area (Å²) >= 11 is 0. The fourth-order valence-corrected chi connectivity index (χ4v) is 2.74. The van der Waals surface area contributed by atoms with Crippen molar-refractivity contribution in [2.24, 2.45) is 5.92 Å². The standard InChI is InChI=1S/C18H27NO4/c1-3-21-16-5-7-17(8-6-16)23-14-13-19-11-9-15(10-12-19)18(20)22-4-2/h5-8,15H,3-4,9-14H2,1-2H3. The maximum absolute atomic E-state index is 11.7. The topological polar surface area (TPSA) is 48.0 Å². The third-order valence-corrected chi connectivity index (χ3v) is 4.02. The lowest BCUT2D eigenvalue weighted by Gasteiger charge is -2.30. The van der Waals surface area contributed by atoms with Gasteiger partial charge >= 0.3 is 5.97 Å². The molecule has 1 aromatic rings. The molecule has 0 aliphatic carbocycles. The normalized spacial score (nSPS) is 16.1. The predicted molar refractivity (Wildman–Crippen MR) is 88.9 cm³/mol. The Bertz CT molecular complexity index is 466. The van der Waals surface area contributed by atoms with Gasteiger partial charge < -0.3 is 14.2 Å². The highest BCUT2D eigenvalue weighted by Gasteiger charge is 2.25. The minimum atomic E-state index is -0.0437. The highest BCUT2D eigenvalue weighted by molar-refractivity contribution is 5.72. The molecule has 1 fully saturated rings. The molecule has 0 atom stereocenters. The van der Waals surface area contributed by atoms with Gasteiger partial charge in [0.1, 0.15) is 18.1 Å². The smallest absolute Gasteiger partial charge is 0.309 e. The predicted octanol–water partition coefficient (Wildman–Crippen LogP) is 2.74. The molecule has 0 saturated carbocycles. The van der Waals surface area contributed by atoms with E-state index in [2.05, 4.69) is 4.90 Å². The maximum Gasteiger partial charge on any atom is 0.309 e. The highest BCUT2D eigenvalue weighted by Crippen LogP contribution is 2.19. The average Bonchev–Trinajstić information content (AvgIpc) is 2.57. The highest BCUT2D eigenvalue weighted by atomic mass is 16.5. The van der Waals surface area contributed by atoms with Crippen LogP contribution in [0.1, 0.15) is 26.7 Å². The van der Waals surface area contributed by atoms with Gasteiger partial charge in [0, 0.05) is 6.54 Å². The number of ether oxygens (including phenoxy) is 3. The van der Waals surface area contributed by atoms with E-state index in [0.717, 1.165) is 44.0 Å². The third-order valence-electron chi connectivity index (χ3n) is 4.02. The van der Waals surface area contributed by atoms with Gasteiger partial charge in [-0.05, 0) is 64.0 Å². The Labute approximate surface area is 138 Å². The lowest BCUT2D eigenvalue weighted by atomic mass is 9.97. The summed E-state index contributed by atoms with van der Waals surface area (Å²) in [5, 5.41) is 0. The Morgan fingerprint density at radius 2 is 1.65 bits per heavy atom. The summed E-state index contributed by atoms with van der Waals surface area (Å²) in [4.78, 5) is 14.0. The average molecular weight is 321 g/mol. The van der Waals surface area contributed by atoms with E-state index in [4.69, 9.17) is 14.2 Å². The summed E-state index contributed by atoms with van der Waals surface area (Å²) in [5.41, 5.74) is 0. The molecule has 1 aliphatic rings. The van der Waals surface area contributed by atoms with Gasteiger partial charge in [0.25, 0.3) is 0 Å². The molecule has 0 spiro atoms. The molecule has 0 bridgehead atoms. The van der Waals surface area contributed by atoms with Gasteiger partial charge in [0.05, 0.1) is 19.1 Å². The van der Waals surface area contributed by atoms with E-state index in [-0.39, 0.29) is 11.9 Å². The monoisotopic (exact) mass is 321 g/mol. The molecule has 1 aromatic carbocycles. The SMILES string of the molecule is CCOC(=O)C1CCN(CCOc2ccc(OCC)cc2)CC1. The fraction of sp³-hybridized carbons (Fsp3) is 0.611. The Balaban J connectivity index is 1.64. The second-order valence-corrected chi connectivity index (χ2v) is 5.62. The van der Waals surface area contributed by atoms with Gasteiger partial charge in [0.2, 0.25) is 0 Å². The van der Waals surface area contributed by atoms with E-state index < -0.39 is 0 Å². The first-order chi connectivity index (χ1) is 11.2. The van der Waals surface area contributed by atoms with E-state index in [1.54, 1.807) is 0 Å². The second kappa shape index (κ2) is 9.40. The van der Waals surface area contributed by atoms with Crippen LogP contribution in [0.4, 0.5) is 0 Å². The molecule has 128 valence electrons. The van der Waals surface area contributed by atoms with Crippen LogP contribution in [0, 0.1) is 5.92 Å². The number of nitrogens with zero attached hydrogens (tertiary/aromatic N) is 1. The number of likely N-dealkylation sites (tertiary alicyclic amines) is 1. The second-order valence-electron chi connectivity index (χ2n) is 5.62. The molecule has 0 amide bonds. The van der Waals surface area contributed by atoms with Crippen molar-refractivity contribution in [3.8, 4) is 11.5 Å². The van der Waals surface area contributed by atoms with Gasteiger partial charge in [-0.3, -0.25) is 9.69 Å². The molecule has 2 rings (SSSR count). The number of carbonyl (C=O) groups excluding carboxylic acids is 1. The zero-order valence-electron chi connectivity index (χ0n) is 14.1. The van der Waals surface area contributed by atoms with Gasteiger partial charge in [-0.25, -0.2) is 0 Å². The Morgan fingerprint density at radius 1 is 1.04 bits per heavy atom. The van der Waals surface area contributed by atoms with E-state index >= 15 is 0 Å². The van der Waals surface area contributed by atoms with Crippen LogP contribution >= 0.6 is 0 Å². The summed E-state index contributed by atoms with van der Waals surface area (Å²) in [7, 11) is 0. The molecule has 5 nitrogen and oxygen atoms in total. The number of benzene rings is 1. The zero-order chi connectivity index (χ0) is 16.5. The van der Waals surface area contributed by atoms with Crippen molar-refractivity contribution in [1.82, 2.24) is 4.90 Å². The Morgan fingerprint density at radius 3 is 2.22 bits per heavy atom. The number of hydrogen-bond acceptors (Lipinski definition) is 5. The summed E-state index contributed by atoms with van der Waals surface area (Å²) in [5.74, 6) is 1.74. The maximum atomic E-state index is 11.7. The van der Waals surface area contributed by atoms with Crippen molar-refractivity contribution in [1.29, 1.82) is 0 Å². The van der Waals surface area contributed by atoms with Crippen LogP contribution in [0.15, 0.2) is 24.3 Å². The van der Waals surface area contributed by atoms with E-state index in [0.29, 0.717) is 19.8 Å². The number of rotatable bonds is 8. The summed E-state index contributed by atoms with van der Waals surface area (Å²) in [6.07, 6.45) is 1.75. The molecule has 1 saturated heterocycles. The first-order valence-corrected chi connectivity index (χ1v) is 8.47. The molecular weight excluding hydrogens is 294 g/mol. The van der Waals surface area contributed by atoms with Crippen molar-refractivity contribution in [2.75, 3.05) is 39.5 Å². The molecule has 1 aliphatic heterocycles. The van der Waals surface area contributed by atoms with E-state index in [9.17, 15) is 4.79 Å². The zero-order valence-corrected chi connectivity index (χ0v) is 14.1. The molecule has 5 heteroatoms. The number of hydrogen-bond donors (Lipinski definition) is 0. The van der Waals surface area contributed by atoms with Crippen molar-refractivity contribution >= 4 is 5.97 Å². The number of carbonyl (C=O) groups is 1. The molecule has 0 N–H and O–H groups in total. The van der Waals surface area contributed by atoms with Crippen molar-refractivity contribution in [3.63, 3.8) is 0 Å². The van der Waals surface area contributed by atoms with E-state index in [1.165, 1.54) is 0 Å². The Kier molecular flexibility index (Phi) is 7.20. The number of piperidine rings is 1. The molecule has 0 unspecified atom stereocenters. The Hall–Kier alpha value is -1.75. The minimum absolute atomic E-state index is 0.0437.